The molecule has 3 atom stereocenters. The number of H-pyrrole nitrogens is 1. The van der Waals surface area contributed by atoms with E-state index < -0.39 is 0 Å². The van der Waals surface area contributed by atoms with Crippen LogP contribution >= 0.6 is 0 Å². The highest BCUT2D eigenvalue weighted by Crippen LogP contribution is 2.53. The second-order valence-electron chi connectivity index (χ2n) is 10.9. The van der Waals surface area contributed by atoms with Gasteiger partial charge < -0.3 is 19.7 Å². The van der Waals surface area contributed by atoms with Gasteiger partial charge >= 0.3 is 0 Å². The van der Waals surface area contributed by atoms with Crippen LogP contribution in [0.2, 0.25) is 0 Å². The molecule has 172 valence electrons. The molecule has 1 aromatic heterocycles. The smallest absolute Gasteiger partial charge is 0.0739 e. The van der Waals surface area contributed by atoms with Crippen LogP contribution in [0.3, 0.4) is 0 Å². The summed E-state index contributed by atoms with van der Waals surface area (Å²) in [4.78, 5) is 2.36. The molecule has 0 radical (unpaired) electrons. The van der Waals surface area contributed by atoms with Crippen LogP contribution in [-0.2, 0) is 16.0 Å². The molecule has 1 spiro atoms. The second-order valence-corrected chi connectivity index (χ2v) is 10.9. The van der Waals surface area contributed by atoms with Crippen LogP contribution < -0.4 is 5.32 Å². The summed E-state index contributed by atoms with van der Waals surface area (Å²) in [5.41, 5.74) is 2.84. The molecule has 0 bridgehead atoms. The Kier molecular flexibility index (Phi) is 7.99. The molecular formula is C24H44N4O2. The van der Waals surface area contributed by atoms with Crippen molar-refractivity contribution < 1.29 is 9.47 Å². The standard InChI is InChI=1S/C24H44N4O2/c1-18(2)14-29-15-21-11-19(7-8-24(21)16-23(3,4)17-30-24)22-20(12-26-27-22)13-28(6)10-9-25-5/h12,18-19,21,25H,7-11,13-17H2,1-6H3,(H,26,27)/t19-,21?,24-/m1/s1. The quantitative estimate of drug-likeness (QED) is 0.603. The van der Waals surface area contributed by atoms with Crippen molar-refractivity contribution in [2.45, 2.75) is 71.4 Å². The summed E-state index contributed by atoms with van der Waals surface area (Å²) < 4.78 is 12.7. The van der Waals surface area contributed by atoms with Crippen molar-refractivity contribution in [3.63, 3.8) is 0 Å². The van der Waals surface area contributed by atoms with Gasteiger partial charge in [0.2, 0.25) is 0 Å². The zero-order valence-corrected chi connectivity index (χ0v) is 20.1. The van der Waals surface area contributed by atoms with Crippen LogP contribution in [-0.4, -0.2) is 67.7 Å². The van der Waals surface area contributed by atoms with E-state index in [0.29, 0.717) is 17.8 Å². The van der Waals surface area contributed by atoms with Gasteiger partial charge in [0.15, 0.2) is 0 Å². The van der Waals surface area contributed by atoms with Gasteiger partial charge in [-0.15, -0.1) is 0 Å². The Morgan fingerprint density at radius 2 is 2.20 bits per heavy atom. The molecule has 2 fully saturated rings. The average molecular weight is 421 g/mol. The lowest BCUT2D eigenvalue weighted by atomic mass is 9.66. The number of aromatic amines is 1. The molecule has 0 aromatic carbocycles. The van der Waals surface area contributed by atoms with Gasteiger partial charge in [0.05, 0.1) is 24.5 Å². The highest BCUT2D eigenvalue weighted by Gasteiger charge is 2.52. The van der Waals surface area contributed by atoms with Gasteiger partial charge in [-0.3, -0.25) is 5.10 Å². The number of hydrogen-bond acceptors (Lipinski definition) is 5. The van der Waals surface area contributed by atoms with E-state index in [0.717, 1.165) is 65.1 Å². The maximum absolute atomic E-state index is 6.55. The maximum atomic E-state index is 6.55. The van der Waals surface area contributed by atoms with Gasteiger partial charge in [0.1, 0.15) is 0 Å². The van der Waals surface area contributed by atoms with Gasteiger partial charge in [-0.1, -0.05) is 27.7 Å². The van der Waals surface area contributed by atoms with E-state index in [2.05, 4.69) is 56.3 Å². The van der Waals surface area contributed by atoms with Crippen LogP contribution in [0.4, 0.5) is 0 Å². The Morgan fingerprint density at radius 3 is 2.87 bits per heavy atom. The van der Waals surface area contributed by atoms with Gasteiger partial charge in [0, 0.05) is 49.8 Å². The lowest BCUT2D eigenvalue weighted by molar-refractivity contribution is -0.100. The van der Waals surface area contributed by atoms with E-state index in [1.807, 2.05) is 7.05 Å². The SMILES string of the molecule is CNCCN(C)Cc1c[nH]nc1[C@@H]1CC[C@@]2(CC(C)(C)CO2)C(COCC(C)C)C1. The number of aromatic nitrogens is 2. The summed E-state index contributed by atoms with van der Waals surface area (Å²) in [5, 5.41) is 11.1. The van der Waals surface area contributed by atoms with E-state index in [4.69, 9.17) is 14.6 Å². The Balaban J connectivity index is 1.70. The van der Waals surface area contributed by atoms with Crippen molar-refractivity contribution >= 4 is 0 Å². The third-order valence-corrected chi connectivity index (χ3v) is 6.85. The zero-order valence-electron chi connectivity index (χ0n) is 20.1. The van der Waals surface area contributed by atoms with Crippen molar-refractivity contribution in [2.24, 2.45) is 17.3 Å². The molecule has 6 heteroatoms. The van der Waals surface area contributed by atoms with Crippen LogP contribution in [0, 0.1) is 17.3 Å². The first-order valence-corrected chi connectivity index (χ1v) is 11.8. The number of nitrogens with one attached hydrogen (secondary N) is 2. The number of nitrogens with zero attached hydrogens (tertiary/aromatic N) is 2. The normalized spacial score (nSPS) is 28.8. The van der Waals surface area contributed by atoms with E-state index in [-0.39, 0.29) is 11.0 Å². The molecule has 2 N–H and O–H groups in total. The Hall–Kier alpha value is -0.950. The van der Waals surface area contributed by atoms with Gasteiger partial charge in [0.25, 0.3) is 0 Å². The fourth-order valence-electron chi connectivity index (χ4n) is 5.37. The summed E-state index contributed by atoms with van der Waals surface area (Å²) >= 11 is 0. The van der Waals surface area contributed by atoms with Gasteiger partial charge in [-0.25, -0.2) is 0 Å². The van der Waals surface area contributed by atoms with E-state index in [9.17, 15) is 0 Å². The molecule has 3 rings (SSSR count). The molecule has 1 aromatic rings. The number of hydrogen-bond donors (Lipinski definition) is 2. The van der Waals surface area contributed by atoms with Gasteiger partial charge in [-0.2, -0.15) is 5.10 Å². The van der Waals surface area contributed by atoms with Crippen LogP contribution in [0.25, 0.3) is 0 Å². The summed E-state index contributed by atoms with van der Waals surface area (Å²) in [7, 11) is 4.18. The van der Waals surface area contributed by atoms with Crippen molar-refractivity contribution in [3.05, 3.63) is 17.5 Å². The fraction of sp³-hybridized carbons (Fsp3) is 0.875. The Bertz CT molecular complexity index is 659. The third kappa shape index (κ3) is 5.84. The molecule has 1 aliphatic carbocycles. The third-order valence-electron chi connectivity index (χ3n) is 6.85. The molecule has 1 unspecified atom stereocenters. The van der Waals surface area contributed by atoms with Crippen LogP contribution in [0.15, 0.2) is 6.20 Å². The second kappa shape index (κ2) is 10.1. The van der Waals surface area contributed by atoms with Crippen molar-refractivity contribution in [1.82, 2.24) is 20.4 Å². The van der Waals surface area contributed by atoms with E-state index >= 15 is 0 Å². The number of rotatable bonds is 10. The summed E-state index contributed by atoms with van der Waals surface area (Å²) in [5.74, 6) is 1.48. The first-order valence-electron chi connectivity index (χ1n) is 11.8. The minimum Gasteiger partial charge on any atom is -0.381 e. The monoisotopic (exact) mass is 420 g/mol. The average Bonchev–Trinajstić information content (AvgIpc) is 3.26. The van der Waals surface area contributed by atoms with Crippen LogP contribution in [0.1, 0.15) is 70.6 Å². The van der Waals surface area contributed by atoms with Gasteiger partial charge in [-0.05, 0) is 51.1 Å². The first-order chi connectivity index (χ1) is 14.2. The fourth-order valence-corrected chi connectivity index (χ4v) is 5.37. The summed E-state index contributed by atoms with van der Waals surface area (Å²) in [6.07, 6.45) is 6.59. The Labute approximate surface area is 183 Å². The molecule has 0 amide bonds. The van der Waals surface area contributed by atoms with Crippen molar-refractivity contribution in [2.75, 3.05) is 47.0 Å². The largest absolute Gasteiger partial charge is 0.381 e. The summed E-state index contributed by atoms with van der Waals surface area (Å²) in [6.45, 7) is 14.6. The predicted octanol–water partition coefficient (Wildman–Crippen LogP) is 3.80. The predicted molar refractivity (Wildman–Crippen MR) is 122 cm³/mol. The number of ether oxygens (including phenoxy) is 2. The molecule has 6 nitrogen and oxygen atoms in total. The highest BCUT2D eigenvalue weighted by atomic mass is 16.5. The maximum Gasteiger partial charge on any atom is 0.0739 e. The minimum absolute atomic E-state index is 0.0168. The summed E-state index contributed by atoms with van der Waals surface area (Å²) in [6, 6.07) is 0. The lowest BCUT2D eigenvalue weighted by Gasteiger charge is -2.44. The molecule has 1 saturated heterocycles. The first kappa shape index (κ1) is 23.7. The minimum atomic E-state index is -0.0168. The molecule has 30 heavy (non-hydrogen) atoms. The zero-order chi connectivity index (χ0) is 21.8. The van der Waals surface area contributed by atoms with E-state index in [1.54, 1.807) is 0 Å². The lowest BCUT2D eigenvalue weighted by Crippen LogP contribution is -2.45. The van der Waals surface area contributed by atoms with Crippen molar-refractivity contribution in [3.8, 4) is 0 Å². The highest BCUT2D eigenvalue weighted by molar-refractivity contribution is 5.22. The molecule has 2 heterocycles. The molecule has 1 aliphatic heterocycles. The Morgan fingerprint density at radius 1 is 1.40 bits per heavy atom. The van der Waals surface area contributed by atoms with Crippen LogP contribution in [0.5, 0.6) is 0 Å². The van der Waals surface area contributed by atoms with Crippen molar-refractivity contribution in [1.29, 1.82) is 0 Å². The number of likely N-dealkylation sites (N-methyl/N-ethyl adjacent to an activating group) is 2. The molecular weight excluding hydrogens is 376 g/mol. The molecule has 2 aliphatic rings. The van der Waals surface area contributed by atoms with E-state index in [1.165, 1.54) is 11.3 Å². The topological polar surface area (TPSA) is 62.4 Å². The molecule has 1 saturated carbocycles.